The van der Waals surface area contributed by atoms with Crippen molar-refractivity contribution in [3.05, 3.63) is 87.2 Å². The highest BCUT2D eigenvalue weighted by atomic mass is 35.5. The van der Waals surface area contributed by atoms with Crippen LogP contribution in [-0.2, 0) is 11.4 Å². The Morgan fingerprint density at radius 1 is 1.16 bits per heavy atom. The molecule has 0 bridgehead atoms. The predicted molar refractivity (Wildman–Crippen MR) is 100 cm³/mol. The second-order valence-corrected chi connectivity index (χ2v) is 6.58. The number of nitrogens with zero attached hydrogens (tertiary/aromatic N) is 1. The molecule has 0 aliphatic carbocycles. The Hall–Kier alpha value is -2.56. The fourth-order valence-corrected chi connectivity index (χ4v) is 3.26. The van der Waals surface area contributed by atoms with Crippen molar-refractivity contribution in [3.63, 3.8) is 0 Å². The summed E-state index contributed by atoms with van der Waals surface area (Å²) in [5.41, 5.74) is 6.70. The Bertz CT molecular complexity index is 1020. The topological polar surface area (TPSA) is 43.3 Å². The lowest BCUT2D eigenvalue weighted by Crippen LogP contribution is -2.27. The summed E-state index contributed by atoms with van der Waals surface area (Å²) < 4.78 is 1.76. The number of hydrogen-bond acceptors (Lipinski definition) is 3. The summed E-state index contributed by atoms with van der Waals surface area (Å²) in [6.45, 7) is 2.41. The lowest BCUT2D eigenvalue weighted by atomic mass is 10.1. The van der Waals surface area contributed by atoms with Crippen molar-refractivity contribution in [3.8, 4) is 0 Å². The van der Waals surface area contributed by atoms with E-state index < -0.39 is 0 Å². The molecular weight excluding hydrogens is 336 g/mol. The molecule has 126 valence electrons. The Balaban J connectivity index is 1.66. The summed E-state index contributed by atoms with van der Waals surface area (Å²) >= 11 is 5.93. The van der Waals surface area contributed by atoms with Crippen LogP contribution in [0.15, 0.2) is 65.5 Å². The second kappa shape index (κ2) is 6.39. The number of hydrogen-bond donors (Lipinski definition) is 1. The fraction of sp³-hybridized carbons (Fsp3) is 0.150. The van der Waals surface area contributed by atoms with Crippen LogP contribution < -0.4 is 11.0 Å². The first kappa shape index (κ1) is 15.9. The molecule has 0 radical (unpaired) electrons. The van der Waals surface area contributed by atoms with Gasteiger partial charge in [-0.1, -0.05) is 41.9 Å². The van der Waals surface area contributed by atoms with Crippen molar-refractivity contribution in [2.24, 2.45) is 0 Å². The Morgan fingerprint density at radius 2 is 1.92 bits per heavy atom. The smallest absolute Gasteiger partial charge is 0.251 e. The lowest BCUT2D eigenvalue weighted by molar-refractivity contribution is 0.0419. The van der Waals surface area contributed by atoms with Gasteiger partial charge in [0.15, 0.2) is 0 Å². The first-order valence-corrected chi connectivity index (χ1v) is 8.48. The van der Waals surface area contributed by atoms with E-state index in [1.54, 1.807) is 10.6 Å². The molecule has 2 aromatic carbocycles. The van der Waals surface area contributed by atoms with E-state index in [2.05, 4.69) is 5.48 Å². The summed E-state index contributed by atoms with van der Waals surface area (Å²) in [5, 5.41) is 1.77. The van der Waals surface area contributed by atoms with Crippen LogP contribution in [-0.4, -0.2) is 10.7 Å². The monoisotopic (exact) mass is 352 g/mol. The zero-order chi connectivity index (χ0) is 17.4. The highest BCUT2D eigenvalue weighted by Crippen LogP contribution is 2.22. The lowest BCUT2D eigenvalue weighted by Gasteiger charge is -2.14. The van der Waals surface area contributed by atoms with E-state index in [0.29, 0.717) is 11.6 Å². The number of rotatable bonds is 3. The van der Waals surface area contributed by atoms with Gasteiger partial charge in [-0.25, -0.2) is 0 Å². The van der Waals surface area contributed by atoms with Gasteiger partial charge in [0.05, 0.1) is 17.8 Å². The Kier molecular flexibility index (Phi) is 4.07. The molecular formula is C20H17ClN2O2. The van der Waals surface area contributed by atoms with E-state index in [1.807, 2.05) is 61.5 Å². The molecule has 4 rings (SSSR count). The largest absolute Gasteiger partial charge is 0.305 e. The quantitative estimate of drug-likeness (QED) is 0.777. The summed E-state index contributed by atoms with van der Waals surface area (Å²) in [6.07, 6.45) is 1.76. The van der Waals surface area contributed by atoms with Crippen LogP contribution in [0.1, 0.15) is 11.1 Å². The van der Waals surface area contributed by atoms with Gasteiger partial charge in [0.1, 0.15) is 6.10 Å². The number of pyridine rings is 1. The maximum Gasteiger partial charge on any atom is 0.251 e. The summed E-state index contributed by atoms with van der Waals surface area (Å²) in [7, 11) is 0. The van der Waals surface area contributed by atoms with E-state index >= 15 is 0 Å². The van der Waals surface area contributed by atoms with Crippen LogP contribution in [0, 0.1) is 6.92 Å². The van der Waals surface area contributed by atoms with Crippen LogP contribution >= 0.6 is 11.6 Å². The first-order chi connectivity index (χ1) is 12.1. The second-order valence-electron chi connectivity index (χ2n) is 6.14. The molecule has 25 heavy (non-hydrogen) atoms. The molecule has 1 aromatic heterocycles. The molecule has 1 aliphatic heterocycles. The number of benzene rings is 2. The zero-order valence-corrected chi connectivity index (χ0v) is 14.5. The number of halogens is 1. The molecule has 0 fully saturated rings. The molecule has 0 unspecified atom stereocenters. The van der Waals surface area contributed by atoms with Gasteiger partial charge in [0.2, 0.25) is 0 Å². The van der Waals surface area contributed by atoms with Gasteiger partial charge in [-0.2, -0.15) is 0 Å². The highest BCUT2D eigenvalue weighted by Gasteiger charge is 2.19. The summed E-state index contributed by atoms with van der Waals surface area (Å²) in [5.74, 6) is 0. The minimum absolute atomic E-state index is 0.0202. The molecule has 1 atom stereocenters. The van der Waals surface area contributed by atoms with Crippen LogP contribution in [0.2, 0.25) is 5.02 Å². The maximum atomic E-state index is 12.5. The van der Waals surface area contributed by atoms with E-state index in [0.717, 1.165) is 27.7 Å². The molecule has 4 nitrogen and oxygen atoms in total. The molecule has 5 heteroatoms. The van der Waals surface area contributed by atoms with Gasteiger partial charge in [-0.15, -0.1) is 0 Å². The van der Waals surface area contributed by atoms with Gasteiger partial charge >= 0.3 is 0 Å². The van der Waals surface area contributed by atoms with Gasteiger partial charge < -0.3 is 4.57 Å². The SMILES string of the molecule is Cc1cc(=O)n(C[C@H]2C=C(c3ccc(Cl)cc3)NO2)c2ccccc12. The van der Waals surface area contributed by atoms with E-state index in [-0.39, 0.29) is 11.7 Å². The molecule has 3 aromatic rings. The Morgan fingerprint density at radius 3 is 2.72 bits per heavy atom. The maximum absolute atomic E-state index is 12.5. The minimum Gasteiger partial charge on any atom is -0.305 e. The van der Waals surface area contributed by atoms with E-state index in [1.165, 1.54) is 0 Å². The van der Waals surface area contributed by atoms with Crippen molar-refractivity contribution in [2.75, 3.05) is 0 Å². The van der Waals surface area contributed by atoms with Crippen molar-refractivity contribution in [1.82, 2.24) is 10.0 Å². The number of hydroxylamine groups is 1. The third-order valence-corrected chi connectivity index (χ3v) is 4.67. The standard InChI is InChI=1S/C20H17ClN2O2/c1-13-10-20(24)23(19-5-3-2-4-17(13)19)12-16-11-18(22-25-16)14-6-8-15(21)9-7-14/h2-11,16,22H,12H2,1H3/t16-/m1/s1. The fourth-order valence-electron chi connectivity index (χ4n) is 3.14. The first-order valence-electron chi connectivity index (χ1n) is 8.10. The average Bonchev–Trinajstić information content (AvgIpc) is 3.08. The number of nitrogens with one attached hydrogen (secondary N) is 1. The van der Waals surface area contributed by atoms with E-state index in [4.69, 9.17) is 16.4 Å². The molecule has 0 saturated carbocycles. The summed E-state index contributed by atoms with van der Waals surface area (Å²) in [4.78, 5) is 18.1. The number of fused-ring (bicyclic) bond motifs is 1. The molecule has 0 amide bonds. The molecule has 1 aliphatic rings. The Labute approximate surface area is 150 Å². The van der Waals surface area contributed by atoms with Gasteiger partial charge in [-0.05, 0) is 42.3 Å². The minimum atomic E-state index is -0.227. The van der Waals surface area contributed by atoms with Gasteiger partial charge in [0.25, 0.3) is 5.56 Å². The third-order valence-electron chi connectivity index (χ3n) is 4.42. The van der Waals surface area contributed by atoms with Crippen LogP contribution in [0.25, 0.3) is 16.6 Å². The summed E-state index contributed by atoms with van der Waals surface area (Å²) in [6, 6.07) is 17.1. The van der Waals surface area contributed by atoms with Crippen molar-refractivity contribution < 1.29 is 4.84 Å². The number of para-hydroxylation sites is 1. The predicted octanol–water partition coefficient (Wildman–Crippen LogP) is 3.91. The molecule has 1 N–H and O–H groups in total. The van der Waals surface area contributed by atoms with Gasteiger partial charge in [-0.3, -0.25) is 15.1 Å². The third kappa shape index (κ3) is 3.06. The highest BCUT2D eigenvalue weighted by molar-refractivity contribution is 6.30. The molecule has 0 saturated heterocycles. The van der Waals surface area contributed by atoms with Crippen LogP contribution in [0.3, 0.4) is 0 Å². The number of aromatic nitrogens is 1. The molecule has 0 spiro atoms. The van der Waals surface area contributed by atoms with Gasteiger partial charge in [0, 0.05) is 16.5 Å². The average molecular weight is 353 g/mol. The normalized spacial score (nSPS) is 16.7. The molecule has 2 heterocycles. The van der Waals surface area contributed by atoms with Crippen molar-refractivity contribution >= 4 is 28.2 Å². The van der Waals surface area contributed by atoms with Crippen LogP contribution in [0.4, 0.5) is 0 Å². The van der Waals surface area contributed by atoms with Crippen LogP contribution in [0.5, 0.6) is 0 Å². The van der Waals surface area contributed by atoms with Crippen molar-refractivity contribution in [1.29, 1.82) is 0 Å². The zero-order valence-electron chi connectivity index (χ0n) is 13.7. The van der Waals surface area contributed by atoms with Crippen molar-refractivity contribution in [2.45, 2.75) is 19.6 Å². The number of aryl methyl sites for hydroxylation is 1. The van der Waals surface area contributed by atoms with E-state index in [9.17, 15) is 4.79 Å².